The molecule has 1 heterocycles. The van der Waals surface area contributed by atoms with E-state index in [1.54, 1.807) is 0 Å². The van der Waals surface area contributed by atoms with Gasteiger partial charge in [-0.1, -0.05) is 49.4 Å². The Morgan fingerprint density at radius 2 is 1.81 bits per heavy atom. The molecule has 0 saturated carbocycles. The molecule has 1 amide bonds. The smallest absolute Gasteiger partial charge is 0.230 e. The molecule has 0 radical (unpaired) electrons. The lowest BCUT2D eigenvalue weighted by atomic mass is 9.93. The van der Waals surface area contributed by atoms with Gasteiger partial charge in [-0.2, -0.15) is 5.26 Å². The molecule has 0 bridgehead atoms. The second kappa shape index (κ2) is 9.34. The van der Waals surface area contributed by atoms with Gasteiger partial charge in [-0.05, 0) is 42.5 Å². The molecule has 3 rings (SSSR count). The number of nitriles is 1. The van der Waals surface area contributed by atoms with Crippen molar-refractivity contribution in [3.63, 3.8) is 0 Å². The summed E-state index contributed by atoms with van der Waals surface area (Å²) < 4.78 is 0. The van der Waals surface area contributed by atoms with Crippen LogP contribution in [-0.4, -0.2) is 29.9 Å². The van der Waals surface area contributed by atoms with E-state index in [0.29, 0.717) is 11.6 Å². The molecular formula is C23H27N3O. The summed E-state index contributed by atoms with van der Waals surface area (Å²) in [5.74, 6) is 0.226. The van der Waals surface area contributed by atoms with E-state index in [0.717, 1.165) is 44.5 Å². The summed E-state index contributed by atoms with van der Waals surface area (Å²) in [6.07, 6.45) is 2.79. The molecule has 27 heavy (non-hydrogen) atoms. The van der Waals surface area contributed by atoms with Crippen LogP contribution in [-0.2, 0) is 11.3 Å². The average molecular weight is 361 g/mol. The minimum Gasteiger partial charge on any atom is -0.342 e. The maximum atomic E-state index is 13.0. The predicted octanol–water partition coefficient (Wildman–Crippen LogP) is 3.83. The summed E-state index contributed by atoms with van der Waals surface area (Å²) >= 11 is 0. The second-order valence-corrected chi connectivity index (χ2v) is 7.16. The van der Waals surface area contributed by atoms with Crippen molar-refractivity contribution in [2.75, 3.05) is 13.1 Å². The molecule has 1 N–H and O–H groups in total. The summed E-state index contributed by atoms with van der Waals surface area (Å²) in [5.41, 5.74) is 2.99. The van der Waals surface area contributed by atoms with E-state index >= 15 is 0 Å². The molecule has 1 saturated heterocycles. The maximum Gasteiger partial charge on any atom is 0.230 e. The fraction of sp³-hybridized carbons (Fsp3) is 0.391. The van der Waals surface area contributed by atoms with Crippen LogP contribution in [0.4, 0.5) is 0 Å². The van der Waals surface area contributed by atoms with Crippen LogP contribution in [0.2, 0.25) is 0 Å². The molecule has 0 aromatic heterocycles. The number of carbonyl (C=O) groups is 1. The highest BCUT2D eigenvalue weighted by Gasteiger charge is 2.28. The van der Waals surface area contributed by atoms with Crippen molar-refractivity contribution >= 4 is 5.91 Å². The maximum absolute atomic E-state index is 13.0. The minimum absolute atomic E-state index is 0.0330. The standard InChI is InChI=1S/C23H27N3O/c1-2-22(20-6-4-3-5-7-20)23(27)26-14-12-21(13-15-26)25-17-19-10-8-18(16-24)9-11-19/h3-11,21-22,25H,2,12-15,17H2,1H3. The van der Waals surface area contributed by atoms with E-state index in [1.165, 1.54) is 5.56 Å². The normalized spacial score (nSPS) is 15.9. The molecule has 140 valence electrons. The number of nitrogens with zero attached hydrogens (tertiary/aromatic N) is 2. The van der Waals surface area contributed by atoms with Crippen LogP contribution >= 0.6 is 0 Å². The zero-order chi connectivity index (χ0) is 19.1. The van der Waals surface area contributed by atoms with Crippen molar-refractivity contribution in [1.82, 2.24) is 10.2 Å². The van der Waals surface area contributed by atoms with Crippen molar-refractivity contribution in [2.24, 2.45) is 0 Å². The quantitative estimate of drug-likeness (QED) is 0.851. The Balaban J connectivity index is 1.49. The number of nitrogens with one attached hydrogen (secondary N) is 1. The van der Waals surface area contributed by atoms with Gasteiger partial charge in [0.25, 0.3) is 0 Å². The zero-order valence-corrected chi connectivity index (χ0v) is 15.9. The van der Waals surface area contributed by atoms with Crippen molar-refractivity contribution in [3.8, 4) is 6.07 Å². The summed E-state index contributed by atoms with van der Waals surface area (Å²) in [6.45, 7) is 4.51. The van der Waals surface area contributed by atoms with E-state index in [4.69, 9.17) is 5.26 Å². The Morgan fingerprint density at radius 3 is 2.41 bits per heavy atom. The number of hydrogen-bond acceptors (Lipinski definition) is 3. The fourth-order valence-corrected chi connectivity index (χ4v) is 3.72. The molecule has 1 fully saturated rings. The molecule has 1 aliphatic rings. The molecule has 2 aromatic carbocycles. The van der Waals surface area contributed by atoms with Crippen LogP contribution in [0.3, 0.4) is 0 Å². The molecule has 0 aliphatic carbocycles. The number of benzene rings is 2. The van der Waals surface area contributed by atoms with Gasteiger partial charge in [0.2, 0.25) is 5.91 Å². The number of carbonyl (C=O) groups excluding carboxylic acids is 1. The fourth-order valence-electron chi connectivity index (χ4n) is 3.72. The van der Waals surface area contributed by atoms with E-state index < -0.39 is 0 Å². The Hall–Kier alpha value is -2.64. The molecule has 0 spiro atoms. The first kappa shape index (κ1) is 19.1. The van der Waals surface area contributed by atoms with Crippen LogP contribution in [0.1, 0.15) is 48.8 Å². The third kappa shape index (κ3) is 4.96. The molecule has 2 aromatic rings. The summed E-state index contributed by atoms with van der Waals surface area (Å²) in [7, 11) is 0. The molecule has 1 atom stereocenters. The summed E-state index contributed by atoms with van der Waals surface area (Å²) in [4.78, 5) is 15.0. The van der Waals surface area contributed by atoms with E-state index in [-0.39, 0.29) is 11.8 Å². The van der Waals surface area contributed by atoms with Gasteiger partial charge in [0, 0.05) is 25.7 Å². The number of rotatable bonds is 6. The number of amides is 1. The Labute approximate surface area is 161 Å². The first-order valence-corrected chi connectivity index (χ1v) is 9.77. The van der Waals surface area contributed by atoms with Crippen LogP contribution in [0.15, 0.2) is 54.6 Å². The summed E-state index contributed by atoms with van der Waals surface area (Å²) in [6, 6.07) is 20.4. The van der Waals surface area contributed by atoms with Crippen molar-refractivity contribution in [3.05, 3.63) is 71.3 Å². The van der Waals surface area contributed by atoms with Crippen LogP contribution in [0.25, 0.3) is 0 Å². The first-order valence-electron chi connectivity index (χ1n) is 9.77. The number of piperidine rings is 1. The highest BCUT2D eigenvalue weighted by molar-refractivity contribution is 5.83. The average Bonchev–Trinajstić information content (AvgIpc) is 2.74. The molecular weight excluding hydrogens is 334 g/mol. The SMILES string of the molecule is CCC(C(=O)N1CCC(NCc2ccc(C#N)cc2)CC1)c1ccccc1. The number of likely N-dealkylation sites (tertiary alicyclic amines) is 1. The highest BCUT2D eigenvalue weighted by atomic mass is 16.2. The van der Waals surface area contributed by atoms with Gasteiger partial charge < -0.3 is 10.2 Å². The van der Waals surface area contributed by atoms with Crippen molar-refractivity contribution < 1.29 is 4.79 Å². The second-order valence-electron chi connectivity index (χ2n) is 7.16. The van der Waals surface area contributed by atoms with E-state index in [9.17, 15) is 4.79 Å². The molecule has 1 aliphatic heterocycles. The highest BCUT2D eigenvalue weighted by Crippen LogP contribution is 2.24. The van der Waals surface area contributed by atoms with Gasteiger partial charge in [-0.25, -0.2) is 0 Å². The Bertz CT molecular complexity index is 772. The monoisotopic (exact) mass is 361 g/mol. The Kier molecular flexibility index (Phi) is 6.62. The Morgan fingerprint density at radius 1 is 1.15 bits per heavy atom. The van der Waals surface area contributed by atoms with Crippen LogP contribution in [0.5, 0.6) is 0 Å². The van der Waals surface area contributed by atoms with E-state index in [2.05, 4.69) is 30.4 Å². The minimum atomic E-state index is -0.0330. The number of hydrogen-bond donors (Lipinski definition) is 1. The summed E-state index contributed by atoms with van der Waals surface area (Å²) in [5, 5.41) is 12.5. The van der Waals surface area contributed by atoms with E-state index in [1.807, 2.05) is 47.4 Å². The van der Waals surface area contributed by atoms with Crippen LogP contribution in [0, 0.1) is 11.3 Å². The third-order valence-corrected chi connectivity index (χ3v) is 5.39. The zero-order valence-electron chi connectivity index (χ0n) is 15.9. The van der Waals surface area contributed by atoms with Crippen molar-refractivity contribution in [1.29, 1.82) is 5.26 Å². The van der Waals surface area contributed by atoms with Gasteiger partial charge in [-0.15, -0.1) is 0 Å². The molecule has 1 unspecified atom stereocenters. The van der Waals surface area contributed by atoms with Gasteiger partial charge >= 0.3 is 0 Å². The predicted molar refractivity (Wildman–Crippen MR) is 107 cm³/mol. The van der Waals surface area contributed by atoms with Crippen molar-refractivity contribution in [2.45, 2.75) is 44.7 Å². The first-order chi connectivity index (χ1) is 13.2. The lowest BCUT2D eigenvalue weighted by Gasteiger charge is -2.34. The van der Waals surface area contributed by atoms with Crippen LogP contribution < -0.4 is 5.32 Å². The van der Waals surface area contributed by atoms with Gasteiger partial charge in [0.1, 0.15) is 0 Å². The lowest BCUT2D eigenvalue weighted by molar-refractivity contribution is -0.134. The lowest BCUT2D eigenvalue weighted by Crippen LogP contribution is -2.46. The topological polar surface area (TPSA) is 56.1 Å². The molecule has 4 nitrogen and oxygen atoms in total. The van der Waals surface area contributed by atoms with Gasteiger partial charge in [-0.3, -0.25) is 4.79 Å². The largest absolute Gasteiger partial charge is 0.342 e. The van der Waals surface area contributed by atoms with Gasteiger partial charge in [0.15, 0.2) is 0 Å². The van der Waals surface area contributed by atoms with Gasteiger partial charge in [0.05, 0.1) is 17.6 Å². The third-order valence-electron chi connectivity index (χ3n) is 5.39. The molecule has 4 heteroatoms.